The van der Waals surface area contributed by atoms with Crippen LogP contribution in [-0.4, -0.2) is 46.3 Å². The van der Waals surface area contributed by atoms with Crippen molar-refractivity contribution in [2.75, 3.05) is 26.7 Å². The zero-order valence-electron chi connectivity index (χ0n) is 16.2. The van der Waals surface area contributed by atoms with Crippen molar-refractivity contribution < 1.29 is 0 Å². The van der Waals surface area contributed by atoms with Gasteiger partial charge in [-0.15, -0.1) is 0 Å². The SMILES string of the molecule is CCc1nn(C)c(Cl)c1CN1C[C@@H]2CN(C)[C@H](c3ccccc3C)[C@@H]2C1. The highest BCUT2D eigenvalue weighted by atomic mass is 35.5. The van der Waals surface area contributed by atoms with Gasteiger partial charge in [-0.25, -0.2) is 0 Å². The monoisotopic (exact) mass is 372 g/mol. The molecule has 0 radical (unpaired) electrons. The molecular formula is C21H29ClN4. The number of nitrogens with zero attached hydrogens (tertiary/aromatic N) is 4. The van der Waals surface area contributed by atoms with E-state index in [1.165, 1.54) is 23.2 Å². The fourth-order valence-corrected chi connectivity index (χ4v) is 5.34. The third-order valence-corrected chi connectivity index (χ3v) is 6.82. The Hall–Kier alpha value is -1.36. The summed E-state index contributed by atoms with van der Waals surface area (Å²) < 4.78 is 1.82. The summed E-state index contributed by atoms with van der Waals surface area (Å²) in [5.74, 6) is 1.44. The molecule has 2 aromatic rings. The van der Waals surface area contributed by atoms with Crippen molar-refractivity contribution in [3.8, 4) is 0 Å². The van der Waals surface area contributed by atoms with Gasteiger partial charge in [0.05, 0.1) is 5.69 Å². The predicted octanol–water partition coefficient (Wildman–Crippen LogP) is 3.68. The highest BCUT2D eigenvalue weighted by molar-refractivity contribution is 6.30. The molecule has 0 saturated carbocycles. The van der Waals surface area contributed by atoms with Gasteiger partial charge in [0.15, 0.2) is 0 Å². The van der Waals surface area contributed by atoms with Gasteiger partial charge < -0.3 is 0 Å². The second-order valence-corrected chi connectivity index (χ2v) is 8.41. The molecule has 3 heterocycles. The maximum Gasteiger partial charge on any atom is 0.131 e. The summed E-state index contributed by atoms with van der Waals surface area (Å²) in [7, 11) is 4.22. The predicted molar refractivity (Wildman–Crippen MR) is 106 cm³/mol. The molecule has 0 unspecified atom stereocenters. The van der Waals surface area contributed by atoms with Crippen LogP contribution >= 0.6 is 11.6 Å². The van der Waals surface area contributed by atoms with E-state index in [9.17, 15) is 0 Å². The zero-order chi connectivity index (χ0) is 18.4. The fourth-order valence-electron chi connectivity index (χ4n) is 5.13. The van der Waals surface area contributed by atoms with E-state index in [4.69, 9.17) is 11.6 Å². The minimum absolute atomic E-state index is 0.529. The van der Waals surface area contributed by atoms with Crippen molar-refractivity contribution in [1.29, 1.82) is 0 Å². The number of benzene rings is 1. The molecule has 0 aliphatic carbocycles. The lowest BCUT2D eigenvalue weighted by Crippen LogP contribution is -2.29. The summed E-state index contributed by atoms with van der Waals surface area (Å²) in [5.41, 5.74) is 5.27. The van der Waals surface area contributed by atoms with E-state index in [1.807, 2.05) is 11.7 Å². The summed E-state index contributed by atoms with van der Waals surface area (Å²) in [5, 5.41) is 5.38. The fraction of sp³-hybridized carbons (Fsp3) is 0.571. The molecule has 0 N–H and O–H groups in total. The number of hydrogen-bond donors (Lipinski definition) is 0. The molecule has 2 saturated heterocycles. The maximum atomic E-state index is 6.53. The van der Waals surface area contributed by atoms with Crippen molar-refractivity contribution >= 4 is 11.6 Å². The third kappa shape index (κ3) is 2.98. The normalized spacial score (nSPS) is 26.6. The van der Waals surface area contributed by atoms with Crippen LogP contribution in [0.4, 0.5) is 0 Å². The Bertz CT molecular complexity index is 799. The summed E-state index contributed by atoms with van der Waals surface area (Å²) in [4.78, 5) is 5.15. The van der Waals surface area contributed by atoms with Crippen molar-refractivity contribution in [2.45, 2.75) is 32.9 Å². The first-order chi connectivity index (χ1) is 12.5. The number of rotatable bonds is 4. The minimum atomic E-state index is 0.529. The molecular weight excluding hydrogens is 344 g/mol. The molecule has 1 aromatic carbocycles. The summed E-state index contributed by atoms with van der Waals surface area (Å²) in [6.07, 6.45) is 0.936. The topological polar surface area (TPSA) is 24.3 Å². The van der Waals surface area contributed by atoms with Gasteiger partial charge in [-0.3, -0.25) is 14.5 Å². The quantitative estimate of drug-likeness (QED) is 0.818. The van der Waals surface area contributed by atoms with Crippen LogP contribution in [0.15, 0.2) is 24.3 Å². The van der Waals surface area contributed by atoms with Gasteiger partial charge in [0.25, 0.3) is 0 Å². The smallest absolute Gasteiger partial charge is 0.131 e. The first-order valence-corrected chi connectivity index (χ1v) is 10.1. The number of halogens is 1. The summed E-state index contributed by atoms with van der Waals surface area (Å²) >= 11 is 6.53. The van der Waals surface area contributed by atoms with Crippen LogP contribution in [-0.2, 0) is 20.0 Å². The molecule has 4 nitrogen and oxygen atoms in total. The minimum Gasteiger partial charge on any atom is -0.299 e. The lowest BCUT2D eigenvalue weighted by molar-refractivity contribution is 0.224. The first kappa shape index (κ1) is 18.0. The van der Waals surface area contributed by atoms with E-state index >= 15 is 0 Å². The van der Waals surface area contributed by atoms with Crippen molar-refractivity contribution in [1.82, 2.24) is 19.6 Å². The first-order valence-electron chi connectivity index (χ1n) is 9.68. The van der Waals surface area contributed by atoms with Gasteiger partial charge >= 0.3 is 0 Å². The van der Waals surface area contributed by atoms with E-state index in [1.54, 1.807) is 0 Å². The van der Waals surface area contributed by atoms with Crippen molar-refractivity contribution in [3.63, 3.8) is 0 Å². The molecule has 4 rings (SSSR count). The third-order valence-electron chi connectivity index (χ3n) is 6.35. The van der Waals surface area contributed by atoms with Crippen molar-refractivity contribution in [3.05, 3.63) is 51.8 Å². The van der Waals surface area contributed by atoms with E-state index in [2.05, 4.69) is 60.1 Å². The molecule has 5 heteroatoms. The highest BCUT2D eigenvalue weighted by Crippen LogP contribution is 2.45. The van der Waals surface area contributed by atoms with Gasteiger partial charge in [-0.05, 0) is 43.4 Å². The molecule has 0 spiro atoms. The lowest BCUT2D eigenvalue weighted by Gasteiger charge is -2.28. The number of aromatic nitrogens is 2. The number of hydrogen-bond acceptors (Lipinski definition) is 3. The van der Waals surface area contributed by atoms with E-state index in [0.29, 0.717) is 12.0 Å². The molecule has 140 valence electrons. The van der Waals surface area contributed by atoms with Crippen LogP contribution in [0.5, 0.6) is 0 Å². The summed E-state index contributed by atoms with van der Waals surface area (Å²) in [6.45, 7) is 8.80. The average Bonchev–Trinajstić information content (AvgIpc) is 3.22. The second-order valence-electron chi connectivity index (χ2n) is 8.05. The lowest BCUT2D eigenvalue weighted by atomic mass is 9.88. The highest BCUT2D eigenvalue weighted by Gasteiger charge is 2.46. The Balaban J connectivity index is 1.54. The van der Waals surface area contributed by atoms with E-state index < -0.39 is 0 Å². The molecule has 2 aliphatic heterocycles. The Kier molecular flexibility index (Phi) is 4.84. The molecule has 0 amide bonds. The summed E-state index contributed by atoms with van der Waals surface area (Å²) in [6, 6.07) is 9.41. The Labute approximate surface area is 161 Å². The van der Waals surface area contributed by atoms with E-state index in [0.717, 1.165) is 42.8 Å². The van der Waals surface area contributed by atoms with Gasteiger partial charge in [0.1, 0.15) is 5.15 Å². The Morgan fingerprint density at radius 1 is 1.15 bits per heavy atom. The van der Waals surface area contributed by atoms with Crippen LogP contribution in [0.2, 0.25) is 5.15 Å². The maximum absolute atomic E-state index is 6.53. The molecule has 2 fully saturated rings. The number of likely N-dealkylation sites (tertiary alicyclic amines) is 2. The Morgan fingerprint density at radius 3 is 2.65 bits per heavy atom. The second kappa shape index (κ2) is 6.99. The number of fused-ring (bicyclic) bond motifs is 1. The Morgan fingerprint density at radius 2 is 1.92 bits per heavy atom. The van der Waals surface area contributed by atoms with Gasteiger partial charge in [0, 0.05) is 44.8 Å². The molecule has 26 heavy (non-hydrogen) atoms. The molecule has 2 aliphatic rings. The van der Waals surface area contributed by atoms with Gasteiger partial charge in [-0.1, -0.05) is 42.8 Å². The average molecular weight is 373 g/mol. The van der Waals surface area contributed by atoms with E-state index in [-0.39, 0.29) is 0 Å². The molecule has 3 atom stereocenters. The molecule has 1 aromatic heterocycles. The van der Waals surface area contributed by atoms with Crippen LogP contribution in [0, 0.1) is 18.8 Å². The zero-order valence-corrected chi connectivity index (χ0v) is 17.0. The van der Waals surface area contributed by atoms with Crippen LogP contribution < -0.4 is 0 Å². The molecule has 0 bridgehead atoms. The van der Waals surface area contributed by atoms with Crippen LogP contribution in [0.1, 0.15) is 35.3 Å². The van der Waals surface area contributed by atoms with Crippen molar-refractivity contribution in [2.24, 2.45) is 18.9 Å². The van der Waals surface area contributed by atoms with Crippen LogP contribution in [0.25, 0.3) is 0 Å². The van der Waals surface area contributed by atoms with Crippen LogP contribution in [0.3, 0.4) is 0 Å². The van der Waals surface area contributed by atoms with Gasteiger partial charge in [0.2, 0.25) is 0 Å². The largest absolute Gasteiger partial charge is 0.299 e. The number of aryl methyl sites for hydroxylation is 3. The van der Waals surface area contributed by atoms with Gasteiger partial charge in [-0.2, -0.15) is 5.10 Å². The standard InChI is InChI=1S/C21H29ClN4/c1-5-19-18(21(22)25(4)23-19)13-26-11-15-10-24(3)20(17(15)12-26)16-9-7-6-8-14(16)2/h6-9,15,17,20H,5,10-13H2,1-4H3/t15-,17+,20+/m0/s1.